The molecule has 184 valence electrons. The van der Waals surface area contributed by atoms with Crippen molar-refractivity contribution in [3.8, 4) is 11.8 Å². The van der Waals surface area contributed by atoms with Gasteiger partial charge in [-0.25, -0.2) is 12.8 Å². The van der Waals surface area contributed by atoms with E-state index in [0.717, 1.165) is 11.1 Å². The third-order valence-electron chi connectivity index (χ3n) is 6.78. The number of carbonyl (C=O) groups excluding carboxylic acids is 1. The van der Waals surface area contributed by atoms with Gasteiger partial charge in [0.25, 0.3) is 0 Å². The van der Waals surface area contributed by atoms with Crippen LogP contribution in [0.4, 0.5) is 4.39 Å². The molecule has 3 aromatic carbocycles. The first-order valence-electron chi connectivity index (χ1n) is 11.7. The molecule has 2 aliphatic rings. The lowest BCUT2D eigenvalue weighted by atomic mass is 9.74. The maximum Gasteiger partial charge on any atom is 0.238 e. The van der Waals surface area contributed by atoms with Crippen LogP contribution in [0.3, 0.4) is 0 Å². The van der Waals surface area contributed by atoms with Crippen molar-refractivity contribution >= 4 is 15.9 Å². The Morgan fingerprint density at radius 1 is 0.944 bits per heavy atom. The number of aliphatic hydroxyl groups is 1. The van der Waals surface area contributed by atoms with Gasteiger partial charge in [-0.1, -0.05) is 60.4 Å². The average Bonchev–Trinajstić information content (AvgIpc) is 2.85. The van der Waals surface area contributed by atoms with Crippen molar-refractivity contribution in [1.82, 2.24) is 9.21 Å². The molecule has 0 radical (unpaired) electrons. The Balaban J connectivity index is 1.34. The van der Waals surface area contributed by atoms with Crippen molar-refractivity contribution < 1.29 is 22.7 Å². The Bertz CT molecular complexity index is 1430. The van der Waals surface area contributed by atoms with E-state index in [9.17, 15) is 22.7 Å². The van der Waals surface area contributed by atoms with Gasteiger partial charge in [0.2, 0.25) is 15.9 Å². The summed E-state index contributed by atoms with van der Waals surface area (Å²) >= 11 is 0. The summed E-state index contributed by atoms with van der Waals surface area (Å²) in [7, 11) is -3.69. The molecular weight excluding hydrogens is 479 g/mol. The molecule has 3 aromatic rings. The molecule has 1 N–H and O–H groups in total. The predicted molar refractivity (Wildman–Crippen MR) is 134 cm³/mol. The predicted octanol–water partition coefficient (Wildman–Crippen LogP) is 2.73. The van der Waals surface area contributed by atoms with Crippen LogP contribution in [0, 0.1) is 17.7 Å². The molecule has 0 unspecified atom stereocenters. The van der Waals surface area contributed by atoms with Crippen LogP contribution in [-0.2, 0) is 20.6 Å². The fourth-order valence-electron chi connectivity index (χ4n) is 5.06. The number of piperazine rings is 1. The van der Waals surface area contributed by atoms with Gasteiger partial charge in [0.05, 0.1) is 31.0 Å². The number of nitrogens with zero attached hydrogens (tertiary/aromatic N) is 2. The van der Waals surface area contributed by atoms with Crippen LogP contribution in [0.15, 0.2) is 78.9 Å². The van der Waals surface area contributed by atoms with E-state index in [2.05, 4.69) is 11.8 Å². The normalized spacial score (nSPS) is 21.8. The summed E-state index contributed by atoms with van der Waals surface area (Å²) in [5, 5.41) is 10.0. The highest BCUT2D eigenvalue weighted by atomic mass is 32.2. The quantitative estimate of drug-likeness (QED) is 0.542. The fourth-order valence-corrected chi connectivity index (χ4v) is 6.54. The number of hydrogen-bond donors (Lipinski definition) is 1. The number of sulfonamides is 1. The molecule has 8 heteroatoms. The first-order chi connectivity index (χ1) is 17.4. The Morgan fingerprint density at radius 3 is 2.36 bits per heavy atom. The largest absolute Gasteiger partial charge is 0.394 e. The summed E-state index contributed by atoms with van der Waals surface area (Å²) in [4.78, 5) is 14.5. The average molecular weight is 505 g/mol. The van der Waals surface area contributed by atoms with Gasteiger partial charge in [-0.2, -0.15) is 4.31 Å². The van der Waals surface area contributed by atoms with Crippen molar-refractivity contribution in [2.24, 2.45) is 0 Å². The molecule has 0 aliphatic carbocycles. The van der Waals surface area contributed by atoms with Crippen LogP contribution in [-0.4, -0.2) is 60.4 Å². The zero-order valence-electron chi connectivity index (χ0n) is 19.4. The molecule has 0 bridgehead atoms. The molecule has 2 saturated heterocycles. The molecule has 0 saturated carbocycles. The number of amides is 1. The van der Waals surface area contributed by atoms with Crippen LogP contribution >= 0.6 is 0 Å². The Kier molecular flexibility index (Phi) is 6.63. The zero-order chi connectivity index (χ0) is 25.3. The minimum atomic E-state index is -3.69. The highest BCUT2D eigenvalue weighted by Gasteiger charge is 2.55. The number of halogens is 1. The number of rotatable bonds is 5. The van der Waals surface area contributed by atoms with Crippen LogP contribution in [0.2, 0.25) is 0 Å². The van der Waals surface area contributed by atoms with Crippen LogP contribution in [0.1, 0.15) is 28.2 Å². The Morgan fingerprint density at radius 2 is 1.67 bits per heavy atom. The van der Waals surface area contributed by atoms with Gasteiger partial charge in [-0.3, -0.25) is 4.79 Å². The second kappa shape index (κ2) is 9.86. The van der Waals surface area contributed by atoms with E-state index in [4.69, 9.17) is 0 Å². The summed E-state index contributed by atoms with van der Waals surface area (Å²) in [5.74, 6) is 4.95. The maximum atomic E-state index is 13.4. The third-order valence-corrected chi connectivity index (χ3v) is 8.54. The second-order valence-electron chi connectivity index (χ2n) is 9.06. The first kappa shape index (κ1) is 24.2. The molecule has 0 aromatic heterocycles. The van der Waals surface area contributed by atoms with Gasteiger partial charge in [-0.05, 0) is 41.5 Å². The smallest absolute Gasteiger partial charge is 0.238 e. The van der Waals surface area contributed by atoms with Gasteiger partial charge >= 0.3 is 0 Å². The molecule has 2 heterocycles. The Hall–Kier alpha value is -3.51. The standard InChI is InChI=1S/C28H25FN2O4S/c29-24-8-4-7-21(15-24)10-9-20-11-13-23(14-12-20)28-25-16-30(17-27(33)31(25)26(28)18-32)36(34,35)19-22-5-2-1-3-6-22/h1-8,11-15,25-26,28,32H,16-19H2/t25-,26-,28-/m1/s1. The summed E-state index contributed by atoms with van der Waals surface area (Å²) in [6, 6.07) is 21.7. The van der Waals surface area contributed by atoms with Crippen LogP contribution < -0.4 is 0 Å². The van der Waals surface area contributed by atoms with E-state index in [1.807, 2.05) is 30.3 Å². The monoisotopic (exact) mass is 504 g/mol. The minimum absolute atomic E-state index is 0.166. The van der Waals surface area contributed by atoms with E-state index in [-0.39, 0.29) is 49.1 Å². The highest BCUT2D eigenvalue weighted by Crippen LogP contribution is 2.43. The van der Waals surface area contributed by atoms with Gasteiger partial charge in [0, 0.05) is 23.6 Å². The molecule has 0 spiro atoms. The Labute approximate surface area is 210 Å². The van der Waals surface area contributed by atoms with E-state index in [1.165, 1.54) is 16.4 Å². The van der Waals surface area contributed by atoms with Crippen molar-refractivity contribution in [1.29, 1.82) is 0 Å². The molecule has 6 nitrogen and oxygen atoms in total. The van der Waals surface area contributed by atoms with Crippen molar-refractivity contribution in [3.63, 3.8) is 0 Å². The summed E-state index contributed by atoms with van der Waals surface area (Å²) < 4.78 is 40.8. The second-order valence-corrected chi connectivity index (χ2v) is 11.0. The number of hydrogen-bond acceptors (Lipinski definition) is 4. The maximum absolute atomic E-state index is 13.4. The van der Waals surface area contributed by atoms with E-state index in [1.54, 1.807) is 41.3 Å². The van der Waals surface area contributed by atoms with Gasteiger partial charge in [0.1, 0.15) is 5.82 Å². The molecular formula is C28H25FN2O4S. The zero-order valence-corrected chi connectivity index (χ0v) is 20.2. The first-order valence-corrected chi connectivity index (χ1v) is 13.3. The third kappa shape index (κ3) is 4.78. The fraction of sp³-hybridized carbons (Fsp3) is 0.250. The molecule has 36 heavy (non-hydrogen) atoms. The topological polar surface area (TPSA) is 77.9 Å². The molecule has 2 aliphatic heterocycles. The molecule has 5 rings (SSSR count). The molecule has 2 fully saturated rings. The highest BCUT2D eigenvalue weighted by molar-refractivity contribution is 7.88. The lowest BCUT2D eigenvalue weighted by molar-refractivity contribution is -0.158. The van der Waals surface area contributed by atoms with Gasteiger partial charge in [-0.15, -0.1) is 0 Å². The molecule has 1 amide bonds. The summed E-state index contributed by atoms with van der Waals surface area (Å²) in [6.07, 6.45) is 0. The van der Waals surface area contributed by atoms with Crippen molar-refractivity contribution in [2.45, 2.75) is 23.8 Å². The van der Waals surface area contributed by atoms with E-state index in [0.29, 0.717) is 11.1 Å². The van der Waals surface area contributed by atoms with Crippen LogP contribution in [0.5, 0.6) is 0 Å². The number of carbonyl (C=O) groups is 1. The van der Waals surface area contributed by atoms with Gasteiger partial charge in [0.15, 0.2) is 0 Å². The lowest BCUT2D eigenvalue weighted by Gasteiger charge is -2.58. The van der Waals surface area contributed by atoms with E-state index < -0.39 is 16.1 Å². The summed E-state index contributed by atoms with van der Waals surface area (Å²) in [6.45, 7) is -0.239. The SMILES string of the molecule is O=C1CN(S(=O)(=O)Cc2ccccc2)C[C@@H]2[C@@H](c3ccc(C#Cc4cccc(F)c4)cc3)[C@@H](CO)N12. The van der Waals surface area contributed by atoms with Crippen molar-refractivity contribution in [3.05, 3.63) is 107 Å². The van der Waals surface area contributed by atoms with Gasteiger partial charge < -0.3 is 10.0 Å². The molecule has 3 atom stereocenters. The minimum Gasteiger partial charge on any atom is -0.394 e. The summed E-state index contributed by atoms with van der Waals surface area (Å²) in [5.41, 5.74) is 2.89. The van der Waals surface area contributed by atoms with Crippen LogP contribution in [0.25, 0.3) is 0 Å². The number of fused-ring (bicyclic) bond motifs is 1. The number of benzene rings is 3. The number of aliphatic hydroxyl groups excluding tert-OH is 1. The van der Waals surface area contributed by atoms with Crippen molar-refractivity contribution in [2.75, 3.05) is 19.7 Å². The lowest BCUT2D eigenvalue weighted by Crippen LogP contribution is -2.73. The van der Waals surface area contributed by atoms with E-state index >= 15 is 0 Å².